The number of nitrogens with two attached hydrogens (primary N) is 1. The maximum atomic E-state index is 10.0. The molecule has 0 aliphatic rings. The average Bonchev–Trinajstić information content (AvgIpc) is 2.22. The van der Waals surface area contributed by atoms with Crippen LogP contribution in [0.3, 0.4) is 0 Å². The molecule has 0 saturated carbocycles. The second-order valence-corrected chi connectivity index (χ2v) is 6.34. The van der Waals surface area contributed by atoms with Crippen molar-refractivity contribution in [3.63, 3.8) is 0 Å². The van der Waals surface area contributed by atoms with Crippen molar-refractivity contribution < 1.29 is 5.11 Å². The Morgan fingerprint density at radius 2 is 2.00 bits per heavy atom. The molecule has 0 atom stereocenters. The largest absolute Gasteiger partial charge is 0.507 e. The van der Waals surface area contributed by atoms with Gasteiger partial charge < -0.3 is 16.2 Å². The van der Waals surface area contributed by atoms with E-state index in [-0.39, 0.29) is 5.41 Å². The van der Waals surface area contributed by atoms with Gasteiger partial charge in [-0.3, -0.25) is 0 Å². The molecule has 0 aliphatic heterocycles. The molecule has 0 amide bonds. The summed E-state index contributed by atoms with van der Waals surface area (Å²) >= 11 is 2.17. The Labute approximate surface area is 117 Å². The normalized spacial score (nSPS) is 11.8. The van der Waals surface area contributed by atoms with E-state index in [9.17, 15) is 5.11 Å². The fraction of sp³-hybridized carbons (Fsp3) is 0.538. The van der Waals surface area contributed by atoms with Crippen LogP contribution in [0.25, 0.3) is 0 Å². The van der Waals surface area contributed by atoms with Gasteiger partial charge >= 0.3 is 0 Å². The minimum atomic E-state index is 0.0935. The van der Waals surface area contributed by atoms with E-state index in [1.807, 2.05) is 6.07 Å². The summed E-state index contributed by atoms with van der Waals surface area (Å²) in [6.45, 7) is 8.54. The number of hydrogen-bond acceptors (Lipinski definition) is 3. The van der Waals surface area contributed by atoms with Gasteiger partial charge in [-0.2, -0.15) is 0 Å². The highest BCUT2D eigenvalue weighted by atomic mass is 127. The van der Waals surface area contributed by atoms with E-state index in [1.165, 1.54) is 5.56 Å². The SMILES string of the molecule is CC(C)(C)c1cc(I)c(O)c(CNCCN)c1. The van der Waals surface area contributed by atoms with Crippen LogP contribution in [0.5, 0.6) is 5.75 Å². The minimum absolute atomic E-state index is 0.0935. The molecule has 0 radical (unpaired) electrons. The van der Waals surface area contributed by atoms with Crippen molar-refractivity contribution >= 4 is 22.6 Å². The molecule has 17 heavy (non-hydrogen) atoms. The van der Waals surface area contributed by atoms with Crippen LogP contribution in [-0.4, -0.2) is 18.2 Å². The fourth-order valence-corrected chi connectivity index (χ4v) is 2.23. The predicted molar refractivity (Wildman–Crippen MR) is 80.3 cm³/mol. The number of benzene rings is 1. The highest BCUT2D eigenvalue weighted by Gasteiger charge is 2.17. The van der Waals surface area contributed by atoms with Crippen LogP contribution in [0, 0.1) is 3.57 Å². The van der Waals surface area contributed by atoms with Gasteiger partial charge in [0.05, 0.1) is 3.57 Å². The maximum absolute atomic E-state index is 10.0. The smallest absolute Gasteiger partial charge is 0.133 e. The second-order valence-electron chi connectivity index (χ2n) is 5.18. The molecule has 1 rings (SSSR count). The summed E-state index contributed by atoms with van der Waals surface area (Å²) in [4.78, 5) is 0. The Morgan fingerprint density at radius 1 is 1.35 bits per heavy atom. The van der Waals surface area contributed by atoms with Gasteiger partial charge in [-0.05, 0) is 39.6 Å². The van der Waals surface area contributed by atoms with Crippen molar-refractivity contribution in [3.8, 4) is 5.75 Å². The summed E-state index contributed by atoms with van der Waals surface area (Å²) in [5.41, 5.74) is 7.71. The zero-order valence-corrected chi connectivity index (χ0v) is 12.8. The molecule has 1 aromatic carbocycles. The first-order valence-corrected chi connectivity index (χ1v) is 6.86. The fourth-order valence-electron chi connectivity index (χ4n) is 1.55. The van der Waals surface area contributed by atoms with Crippen molar-refractivity contribution in [1.29, 1.82) is 0 Å². The first-order valence-electron chi connectivity index (χ1n) is 5.79. The first kappa shape index (κ1) is 14.7. The summed E-state index contributed by atoms with van der Waals surface area (Å²) < 4.78 is 0.902. The van der Waals surface area contributed by atoms with Gasteiger partial charge in [0.25, 0.3) is 0 Å². The van der Waals surface area contributed by atoms with E-state index in [1.54, 1.807) is 0 Å². The number of rotatable bonds is 4. The topological polar surface area (TPSA) is 58.3 Å². The molecular formula is C13H21IN2O. The zero-order chi connectivity index (χ0) is 13.1. The van der Waals surface area contributed by atoms with Gasteiger partial charge in [0, 0.05) is 25.2 Å². The summed E-state index contributed by atoms with van der Waals surface area (Å²) in [5.74, 6) is 0.378. The number of aromatic hydroxyl groups is 1. The van der Waals surface area contributed by atoms with Crippen molar-refractivity contribution in [2.24, 2.45) is 5.73 Å². The molecule has 0 aromatic heterocycles. The molecule has 0 bridgehead atoms. The molecule has 0 fully saturated rings. The second kappa shape index (κ2) is 6.02. The van der Waals surface area contributed by atoms with Gasteiger partial charge in [0.1, 0.15) is 5.75 Å². The molecule has 0 saturated heterocycles. The first-order chi connectivity index (χ1) is 7.86. The van der Waals surface area contributed by atoms with E-state index in [0.29, 0.717) is 18.8 Å². The molecule has 0 aliphatic carbocycles. The Balaban J connectivity index is 2.99. The highest BCUT2D eigenvalue weighted by molar-refractivity contribution is 14.1. The molecule has 4 heteroatoms. The summed E-state index contributed by atoms with van der Waals surface area (Å²) in [5, 5.41) is 13.2. The molecule has 0 spiro atoms. The average molecular weight is 348 g/mol. The van der Waals surface area contributed by atoms with Crippen molar-refractivity contribution in [3.05, 3.63) is 26.8 Å². The molecule has 0 heterocycles. The lowest BCUT2D eigenvalue weighted by Crippen LogP contribution is -2.22. The standard InChI is InChI=1S/C13H21IN2O/c1-13(2,3)10-6-9(8-16-5-4-15)12(17)11(14)7-10/h6-7,16-17H,4-5,8,15H2,1-3H3. The third kappa shape index (κ3) is 4.12. The van der Waals surface area contributed by atoms with Gasteiger partial charge in [-0.15, -0.1) is 0 Å². The van der Waals surface area contributed by atoms with Gasteiger partial charge in [0.15, 0.2) is 0 Å². The van der Waals surface area contributed by atoms with Gasteiger partial charge in [0.2, 0.25) is 0 Å². The van der Waals surface area contributed by atoms with Crippen LogP contribution in [-0.2, 0) is 12.0 Å². The van der Waals surface area contributed by atoms with Crippen LogP contribution in [0.2, 0.25) is 0 Å². The lowest BCUT2D eigenvalue weighted by molar-refractivity contribution is 0.459. The van der Waals surface area contributed by atoms with Crippen LogP contribution in [0.15, 0.2) is 12.1 Å². The minimum Gasteiger partial charge on any atom is -0.507 e. The Morgan fingerprint density at radius 3 is 2.53 bits per heavy atom. The Hall–Kier alpha value is -0.330. The van der Waals surface area contributed by atoms with Crippen molar-refractivity contribution in [1.82, 2.24) is 5.32 Å². The van der Waals surface area contributed by atoms with Crippen LogP contribution in [0.1, 0.15) is 31.9 Å². The lowest BCUT2D eigenvalue weighted by atomic mass is 9.86. The molecule has 4 N–H and O–H groups in total. The van der Waals surface area contributed by atoms with E-state index < -0.39 is 0 Å². The zero-order valence-electron chi connectivity index (χ0n) is 10.7. The van der Waals surface area contributed by atoms with E-state index in [4.69, 9.17) is 5.73 Å². The van der Waals surface area contributed by atoms with Crippen LogP contribution < -0.4 is 11.1 Å². The van der Waals surface area contributed by atoms with Crippen molar-refractivity contribution in [2.45, 2.75) is 32.7 Å². The van der Waals surface area contributed by atoms with E-state index in [0.717, 1.165) is 15.7 Å². The lowest BCUT2D eigenvalue weighted by Gasteiger charge is -2.21. The van der Waals surface area contributed by atoms with Crippen LogP contribution in [0.4, 0.5) is 0 Å². The number of phenolic OH excluding ortho intramolecular Hbond substituents is 1. The molecular weight excluding hydrogens is 327 g/mol. The van der Waals surface area contributed by atoms with E-state index >= 15 is 0 Å². The van der Waals surface area contributed by atoms with Crippen molar-refractivity contribution in [2.75, 3.05) is 13.1 Å². The monoisotopic (exact) mass is 348 g/mol. The Bertz CT molecular complexity index is 386. The molecule has 0 unspecified atom stereocenters. The molecule has 1 aromatic rings. The summed E-state index contributed by atoms with van der Waals surface area (Å²) in [6, 6.07) is 4.11. The number of halogens is 1. The Kier molecular flexibility index (Phi) is 5.22. The van der Waals surface area contributed by atoms with E-state index in [2.05, 4.69) is 54.7 Å². The predicted octanol–water partition coefficient (Wildman–Crippen LogP) is 2.34. The summed E-state index contributed by atoms with van der Waals surface area (Å²) in [6.07, 6.45) is 0. The van der Waals surface area contributed by atoms with Gasteiger partial charge in [-0.25, -0.2) is 0 Å². The van der Waals surface area contributed by atoms with Crippen LogP contribution >= 0.6 is 22.6 Å². The third-order valence-corrected chi connectivity index (χ3v) is 3.47. The quantitative estimate of drug-likeness (QED) is 0.578. The molecule has 96 valence electrons. The molecule has 3 nitrogen and oxygen atoms in total. The summed E-state index contributed by atoms with van der Waals surface area (Å²) in [7, 11) is 0. The maximum Gasteiger partial charge on any atom is 0.133 e. The number of hydrogen-bond donors (Lipinski definition) is 3. The number of nitrogens with one attached hydrogen (secondary N) is 1. The number of phenols is 1. The van der Waals surface area contributed by atoms with Gasteiger partial charge in [-0.1, -0.05) is 26.8 Å². The third-order valence-electron chi connectivity index (χ3n) is 2.64. The highest BCUT2D eigenvalue weighted by Crippen LogP contribution is 2.31.